The molecule has 1 aromatic rings. The highest BCUT2D eigenvalue weighted by molar-refractivity contribution is 5.93. The first-order valence-corrected chi connectivity index (χ1v) is 8.10. The number of carbonyl (C=O) groups excluding carboxylic acids is 2. The van der Waals surface area contributed by atoms with Crippen molar-refractivity contribution in [3.05, 3.63) is 29.3 Å². The number of hydrogen-bond donors (Lipinski definition) is 1. The first-order valence-electron chi connectivity index (χ1n) is 8.10. The van der Waals surface area contributed by atoms with Gasteiger partial charge in [-0.25, -0.2) is 9.59 Å². The fraction of sp³-hybridized carbons (Fsp3) is 0.556. The van der Waals surface area contributed by atoms with Crippen molar-refractivity contribution in [2.75, 3.05) is 20.8 Å². The van der Waals surface area contributed by atoms with Crippen LogP contribution in [0, 0.1) is 0 Å². The third-order valence-electron chi connectivity index (χ3n) is 3.92. The van der Waals surface area contributed by atoms with Crippen molar-refractivity contribution in [1.29, 1.82) is 0 Å². The van der Waals surface area contributed by atoms with E-state index in [9.17, 15) is 14.7 Å². The van der Waals surface area contributed by atoms with Gasteiger partial charge in [0.25, 0.3) is 0 Å². The minimum Gasteiger partial charge on any atom is -0.495 e. The average molecular weight is 351 g/mol. The molecular formula is C18H25NO6. The molecule has 7 heteroatoms. The van der Waals surface area contributed by atoms with Crippen molar-refractivity contribution < 1.29 is 28.9 Å². The minimum atomic E-state index is -0.677. The van der Waals surface area contributed by atoms with Crippen LogP contribution in [-0.4, -0.2) is 54.5 Å². The summed E-state index contributed by atoms with van der Waals surface area (Å²) in [4.78, 5) is 26.0. The van der Waals surface area contributed by atoms with Crippen molar-refractivity contribution in [2.45, 2.75) is 44.9 Å². The molecule has 0 aliphatic carbocycles. The van der Waals surface area contributed by atoms with Crippen LogP contribution in [0.15, 0.2) is 18.2 Å². The number of para-hydroxylation sites is 1. The molecule has 1 aliphatic heterocycles. The maximum atomic E-state index is 12.5. The van der Waals surface area contributed by atoms with E-state index in [0.29, 0.717) is 17.7 Å². The van der Waals surface area contributed by atoms with E-state index < -0.39 is 29.8 Å². The summed E-state index contributed by atoms with van der Waals surface area (Å²) in [5.41, 5.74) is 0.258. The number of ether oxygens (including phenoxy) is 3. The second-order valence-corrected chi connectivity index (χ2v) is 6.96. The number of benzene rings is 1. The fourth-order valence-corrected chi connectivity index (χ4v) is 2.95. The lowest BCUT2D eigenvalue weighted by Crippen LogP contribution is -2.37. The molecule has 0 saturated carbocycles. The monoisotopic (exact) mass is 351 g/mol. The molecule has 1 amide bonds. The van der Waals surface area contributed by atoms with Crippen molar-refractivity contribution in [1.82, 2.24) is 4.90 Å². The Morgan fingerprint density at radius 2 is 1.92 bits per heavy atom. The van der Waals surface area contributed by atoms with Crippen LogP contribution in [0.2, 0.25) is 0 Å². The second kappa shape index (κ2) is 7.31. The van der Waals surface area contributed by atoms with Crippen LogP contribution in [0.3, 0.4) is 0 Å². The number of methoxy groups -OCH3 is 2. The molecule has 138 valence electrons. The molecular weight excluding hydrogens is 326 g/mol. The number of hydrogen-bond acceptors (Lipinski definition) is 6. The number of amides is 1. The van der Waals surface area contributed by atoms with Crippen LogP contribution in [-0.2, 0) is 9.47 Å². The smallest absolute Gasteiger partial charge is 0.410 e. The highest BCUT2D eigenvalue weighted by Crippen LogP contribution is 2.39. The summed E-state index contributed by atoms with van der Waals surface area (Å²) in [6.45, 7) is 5.51. The zero-order valence-corrected chi connectivity index (χ0v) is 15.2. The summed E-state index contributed by atoms with van der Waals surface area (Å²) in [6, 6.07) is 4.61. The van der Waals surface area contributed by atoms with E-state index in [1.54, 1.807) is 39.0 Å². The summed E-state index contributed by atoms with van der Waals surface area (Å²) in [6.07, 6.45) is -0.858. The summed E-state index contributed by atoms with van der Waals surface area (Å²) >= 11 is 0. The Labute approximate surface area is 147 Å². The predicted molar refractivity (Wildman–Crippen MR) is 90.6 cm³/mol. The van der Waals surface area contributed by atoms with Gasteiger partial charge in [0.2, 0.25) is 0 Å². The van der Waals surface area contributed by atoms with Crippen LogP contribution in [0.5, 0.6) is 5.75 Å². The first kappa shape index (κ1) is 19.1. The first-order chi connectivity index (χ1) is 11.7. The molecule has 1 aliphatic rings. The molecule has 2 rings (SSSR count). The average Bonchev–Trinajstić information content (AvgIpc) is 2.93. The highest BCUT2D eigenvalue weighted by atomic mass is 16.6. The number of esters is 1. The van der Waals surface area contributed by atoms with Gasteiger partial charge in [-0.05, 0) is 33.3 Å². The highest BCUT2D eigenvalue weighted by Gasteiger charge is 2.39. The number of aliphatic hydroxyl groups excluding tert-OH is 1. The Bertz CT molecular complexity index is 651. The maximum Gasteiger partial charge on any atom is 0.410 e. The van der Waals surface area contributed by atoms with Gasteiger partial charge >= 0.3 is 12.1 Å². The van der Waals surface area contributed by atoms with Gasteiger partial charge in [0, 0.05) is 5.56 Å². The molecule has 1 saturated heterocycles. The van der Waals surface area contributed by atoms with Crippen molar-refractivity contribution in [2.24, 2.45) is 0 Å². The molecule has 0 aromatic heterocycles. The molecule has 0 bridgehead atoms. The predicted octanol–water partition coefficient (Wildman–Crippen LogP) is 2.52. The zero-order valence-electron chi connectivity index (χ0n) is 15.2. The molecule has 1 N–H and O–H groups in total. The van der Waals surface area contributed by atoms with E-state index in [1.165, 1.54) is 19.1 Å². The Balaban J connectivity index is 2.41. The van der Waals surface area contributed by atoms with E-state index in [4.69, 9.17) is 14.2 Å². The number of likely N-dealkylation sites (tertiary alicyclic amines) is 1. The lowest BCUT2D eigenvalue weighted by atomic mass is 9.99. The van der Waals surface area contributed by atoms with Gasteiger partial charge in [-0.1, -0.05) is 12.1 Å². The quantitative estimate of drug-likeness (QED) is 0.842. The number of β-amino-alcohol motifs (C(OH)–C–C–N with tert-alkyl or cyclic N) is 1. The molecule has 2 atom stereocenters. The van der Waals surface area contributed by atoms with E-state index in [-0.39, 0.29) is 12.1 Å². The number of rotatable bonds is 3. The fourth-order valence-electron chi connectivity index (χ4n) is 2.95. The van der Waals surface area contributed by atoms with Gasteiger partial charge in [0.1, 0.15) is 16.9 Å². The van der Waals surface area contributed by atoms with Crippen LogP contribution in [0.4, 0.5) is 4.79 Å². The molecule has 0 unspecified atom stereocenters. The Hall–Kier alpha value is -2.28. The lowest BCUT2D eigenvalue weighted by molar-refractivity contribution is 0.0205. The Kier molecular flexibility index (Phi) is 5.57. The van der Waals surface area contributed by atoms with E-state index >= 15 is 0 Å². The third kappa shape index (κ3) is 4.22. The summed E-state index contributed by atoms with van der Waals surface area (Å²) in [5, 5.41) is 10.1. The van der Waals surface area contributed by atoms with Gasteiger partial charge in [-0.15, -0.1) is 0 Å². The second-order valence-electron chi connectivity index (χ2n) is 6.96. The van der Waals surface area contributed by atoms with Gasteiger partial charge in [0.15, 0.2) is 0 Å². The molecule has 7 nitrogen and oxygen atoms in total. The van der Waals surface area contributed by atoms with E-state index in [1.807, 2.05) is 0 Å². The van der Waals surface area contributed by atoms with Gasteiger partial charge in [-0.3, -0.25) is 4.90 Å². The zero-order chi connectivity index (χ0) is 18.8. The van der Waals surface area contributed by atoms with Crippen molar-refractivity contribution >= 4 is 12.1 Å². The number of carbonyl (C=O) groups is 2. The van der Waals surface area contributed by atoms with Crippen LogP contribution in [0.1, 0.15) is 49.2 Å². The van der Waals surface area contributed by atoms with Crippen molar-refractivity contribution in [3.63, 3.8) is 0 Å². The summed E-state index contributed by atoms with van der Waals surface area (Å²) in [5.74, 6) is -0.192. The van der Waals surface area contributed by atoms with E-state index in [0.717, 1.165) is 0 Å². The molecule has 1 fully saturated rings. The molecule has 1 aromatic carbocycles. The molecule has 0 radical (unpaired) electrons. The molecule has 25 heavy (non-hydrogen) atoms. The van der Waals surface area contributed by atoms with Gasteiger partial charge in [0.05, 0.1) is 32.9 Å². The summed E-state index contributed by atoms with van der Waals surface area (Å²) in [7, 11) is 2.75. The van der Waals surface area contributed by atoms with E-state index in [2.05, 4.69) is 0 Å². The minimum absolute atomic E-state index is 0.158. The van der Waals surface area contributed by atoms with Crippen LogP contribution < -0.4 is 4.74 Å². The molecule has 1 heterocycles. The Morgan fingerprint density at radius 1 is 1.24 bits per heavy atom. The van der Waals surface area contributed by atoms with Crippen molar-refractivity contribution in [3.8, 4) is 5.75 Å². The maximum absolute atomic E-state index is 12.5. The SMILES string of the molecule is COC(=O)c1cccc([C@@H]2C[C@@H](O)CN2C(=O)OC(C)(C)C)c1OC. The third-order valence-corrected chi connectivity index (χ3v) is 3.92. The van der Waals surface area contributed by atoms with Crippen LogP contribution >= 0.6 is 0 Å². The lowest BCUT2D eigenvalue weighted by Gasteiger charge is -2.29. The molecule has 0 spiro atoms. The topological polar surface area (TPSA) is 85.3 Å². The largest absolute Gasteiger partial charge is 0.495 e. The van der Waals surface area contributed by atoms with Gasteiger partial charge < -0.3 is 19.3 Å². The number of nitrogens with zero attached hydrogens (tertiary/aromatic N) is 1. The summed E-state index contributed by atoms with van der Waals surface area (Å²) < 4.78 is 15.6. The van der Waals surface area contributed by atoms with Crippen LogP contribution in [0.25, 0.3) is 0 Å². The normalized spacial score (nSPS) is 20.3. The number of aliphatic hydroxyl groups is 1. The van der Waals surface area contributed by atoms with Gasteiger partial charge in [-0.2, -0.15) is 0 Å². The Morgan fingerprint density at radius 3 is 2.48 bits per heavy atom. The standard InChI is InChI=1S/C18H25NO6/c1-18(2,3)25-17(22)19-10-11(20)9-14(19)12-7-6-8-13(15(12)23-4)16(21)24-5/h6-8,11,14,20H,9-10H2,1-5H3/t11-,14+/m1/s1.